The number of rotatable bonds is 8. The highest BCUT2D eigenvalue weighted by Gasteiger charge is 2.29. The van der Waals surface area contributed by atoms with Crippen LogP contribution < -0.4 is 5.32 Å². The fourth-order valence-corrected chi connectivity index (χ4v) is 3.23. The Bertz CT molecular complexity index is 760. The van der Waals surface area contributed by atoms with Gasteiger partial charge in [-0.25, -0.2) is 4.68 Å². The summed E-state index contributed by atoms with van der Waals surface area (Å²) < 4.78 is 6.87. The highest BCUT2D eigenvalue weighted by atomic mass is 16.5. The van der Waals surface area contributed by atoms with Gasteiger partial charge in [0.1, 0.15) is 0 Å². The summed E-state index contributed by atoms with van der Waals surface area (Å²) in [4.78, 5) is 26.1. The molecule has 0 saturated carbocycles. The molecule has 2 aromatic rings. The quantitative estimate of drug-likeness (QED) is 0.762. The van der Waals surface area contributed by atoms with Crippen LogP contribution in [-0.2, 0) is 20.7 Å². The van der Waals surface area contributed by atoms with E-state index in [1.54, 1.807) is 12.0 Å². The zero-order valence-corrected chi connectivity index (χ0v) is 15.6. The van der Waals surface area contributed by atoms with Gasteiger partial charge in [0, 0.05) is 39.4 Å². The first-order valence-corrected chi connectivity index (χ1v) is 9.31. The molecule has 144 valence electrons. The highest BCUT2D eigenvalue weighted by Crippen LogP contribution is 2.17. The van der Waals surface area contributed by atoms with Crippen LogP contribution in [0.1, 0.15) is 18.4 Å². The first-order valence-electron chi connectivity index (χ1n) is 9.31. The van der Waals surface area contributed by atoms with Gasteiger partial charge in [-0.3, -0.25) is 9.59 Å². The third-order valence-corrected chi connectivity index (χ3v) is 4.81. The van der Waals surface area contributed by atoms with E-state index >= 15 is 0 Å². The SMILES string of the molecule is COCCN1C[C@@H](C(=O)NCCc2cnn(-c3ccccc3)c2)CCC1=O. The van der Waals surface area contributed by atoms with E-state index in [1.807, 2.05) is 47.4 Å². The summed E-state index contributed by atoms with van der Waals surface area (Å²) in [5.41, 5.74) is 2.08. The number of para-hydroxylation sites is 1. The van der Waals surface area contributed by atoms with Crippen LogP contribution in [0.3, 0.4) is 0 Å². The number of nitrogens with zero attached hydrogens (tertiary/aromatic N) is 3. The Morgan fingerprint density at radius 3 is 2.93 bits per heavy atom. The van der Waals surface area contributed by atoms with Gasteiger partial charge in [0.25, 0.3) is 0 Å². The molecule has 1 saturated heterocycles. The van der Waals surface area contributed by atoms with Crippen LogP contribution in [0.15, 0.2) is 42.7 Å². The zero-order valence-electron chi connectivity index (χ0n) is 15.6. The van der Waals surface area contributed by atoms with Gasteiger partial charge in [-0.2, -0.15) is 5.10 Å². The van der Waals surface area contributed by atoms with Crippen LogP contribution >= 0.6 is 0 Å². The van der Waals surface area contributed by atoms with Crippen LogP contribution in [0.2, 0.25) is 0 Å². The monoisotopic (exact) mass is 370 g/mol. The molecule has 1 aliphatic rings. The number of hydrogen-bond acceptors (Lipinski definition) is 4. The number of aromatic nitrogens is 2. The summed E-state index contributed by atoms with van der Waals surface area (Å²) in [7, 11) is 1.61. The van der Waals surface area contributed by atoms with Crippen molar-refractivity contribution in [2.45, 2.75) is 19.3 Å². The molecule has 0 radical (unpaired) electrons. The lowest BCUT2D eigenvalue weighted by molar-refractivity contribution is -0.138. The van der Waals surface area contributed by atoms with E-state index in [4.69, 9.17) is 4.74 Å². The lowest BCUT2D eigenvalue weighted by Gasteiger charge is -2.31. The fourth-order valence-electron chi connectivity index (χ4n) is 3.23. The number of likely N-dealkylation sites (tertiary alicyclic amines) is 1. The summed E-state index contributed by atoms with van der Waals surface area (Å²) in [6.45, 7) is 2.06. The van der Waals surface area contributed by atoms with Crippen LogP contribution in [0.5, 0.6) is 0 Å². The molecule has 1 aromatic heterocycles. The molecule has 1 aromatic carbocycles. The number of amides is 2. The van der Waals surface area contributed by atoms with Crippen molar-refractivity contribution in [1.29, 1.82) is 0 Å². The second kappa shape index (κ2) is 9.32. The van der Waals surface area contributed by atoms with E-state index in [9.17, 15) is 9.59 Å². The summed E-state index contributed by atoms with van der Waals surface area (Å²) >= 11 is 0. The summed E-state index contributed by atoms with van der Waals surface area (Å²) in [6.07, 6.45) is 5.56. The number of carbonyl (C=O) groups excluding carboxylic acids is 2. The Kier molecular flexibility index (Phi) is 6.59. The molecular weight excluding hydrogens is 344 g/mol. The Labute approximate surface area is 159 Å². The normalized spacial score (nSPS) is 17.1. The highest BCUT2D eigenvalue weighted by molar-refractivity contribution is 5.83. The number of nitrogens with one attached hydrogen (secondary N) is 1. The molecule has 1 N–H and O–H groups in total. The number of carbonyl (C=O) groups is 2. The van der Waals surface area contributed by atoms with Crippen LogP contribution in [0, 0.1) is 5.92 Å². The van der Waals surface area contributed by atoms with Gasteiger partial charge in [-0.1, -0.05) is 18.2 Å². The molecule has 7 nitrogen and oxygen atoms in total. The van der Waals surface area contributed by atoms with E-state index in [1.165, 1.54) is 0 Å². The zero-order chi connectivity index (χ0) is 19.1. The summed E-state index contributed by atoms with van der Waals surface area (Å²) in [6, 6.07) is 9.92. The van der Waals surface area contributed by atoms with Gasteiger partial charge in [0.15, 0.2) is 0 Å². The lowest BCUT2D eigenvalue weighted by Crippen LogP contribution is -2.47. The Hall–Kier alpha value is -2.67. The van der Waals surface area contributed by atoms with Crippen LogP contribution in [0.25, 0.3) is 5.69 Å². The van der Waals surface area contributed by atoms with Crippen LogP contribution in [-0.4, -0.2) is 59.8 Å². The third-order valence-electron chi connectivity index (χ3n) is 4.81. The largest absolute Gasteiger partial charge is 0.383 e. The van der Waals surface area contributed by atoms with Crippen molar-refractivity contribution >= 4 is 11.8 Å². The van der Waals surface area contributed by atoms with Gasteiger partial charge < -0.3 is 15.0 Å². The topological polar surface area (TPSA) is 76.5 Å². The maximum atomic E-state index is 12.4. The van der Waals surface area contributed by atoms with E-state index < -0.39 is 0 Å². The lowest BCUT2D eigenvalue weighted by atomic mass is 9.96. The molecule has 0 unspecified atom stereocenters. The van der Waals surface area contributed by atoms with Crippen molar-refractivity contribution in [2.75, 3.05) is 33.4 Å². The first-order chi connectivity index (χ1) is 13.2. The predicted molar refractivity (Wildman–Crippen MR) is 101 cm³/mol. The molecule has 1 atom stereocenters. The van der Waals surface area contributed by atoms with Crippen molar-refractivity contribution in [3.63, 3.8) is 0 Å². The van der Waals surface area contributed by atoms with Gasteiger partial charge in [0.2, 0.25) is 11.8 Å². The summed E-state index contributed by atoms with van der Waals surface area (Å²) in [5.74, 6) is -0.0311. The van der Waals surface area contributed by atoms with Gasteiger partial charge >= 0.3 is 0 Å². The second-order valence-corrected chi connectivity index (χ2v) is 6.74. The number of benzene rings is 1. The maximum absolute atomic E-state index is 12.4. The van der Waals surface area contributed by atoms with Gasteiger partial charge in [-0.05, 0) is 30.5 Å². The minimum Gasteiger partial charge on any atom is -0.383 e. The maximum Gasteiger partial charge on any atom is 0.224 e. The van der Waals surface area contributed by atoms with Gasteiger partial charge in [-0.15, -0.1) is 0 Å². The molecule has 2 heterocycles. The molecule has 3 rings (SSSR count). The molecule has 2 amide bonds. The standard InChI is InChI=1S/C20H26N4O3/c1-27-12-11-23-15-17(7-8-19(23)25)20(26)21-10-9-16-13-22-24(14-16)18-5-3-2-4-6-18/h2-6,13-14,17H,7-12,15H2,1H3,(H,21,26)/t17-/m0/s1. The van der Waals surface area contributed by atoms with Crippen molar-refractivity contribution in [3.05, 3.63) is 48.3 Å². The molecular formula is C20H26N4O3. The molecule has 7 heteroatoms. The minimum absolute atomic E-state index is 0.0142. The van der Waals surface area contributed by atoms with E-state index in [2.05, 4.69) is 10.4 Å². The molecule has 0 spiro atoms. The van der Waals surface area contributed by atoms with Crippen molar-refractivity contribution in [2.24, 2.45) is 5.92 Å². The average Bonchev–Trinajstić information content (AvgIpc) is 3.17. The van der Waals surface area contributed by atoms with Crippen LogP contribution in [0.4, 0.5) is 0 Å². The van der Waals surface area contributed by atoms with Gasteiger partial charge in [0.05, 0.1) is 24.4 Å². The third kappa shape index (κ3) is 5.17. The smallest absolute Gasteiger partial charge is 0.224 e. The molecule has 1 fully saturated rings. The van der Waals surface area contributed by atoms with Crippen molar-refractivity contribution < 1.29 is 14.3 Å². The number of methoxy groups -OCH3 is 1. The fraction of sp³-hybridized carbons (Fsp3) is 0.450. The van der Waals surface area contributed by atoms with E-state index in [0.717, 1.165) is 17.7 Å². The average molecular weight is 370 g/mol. The second-order valence-electron chi connectivity index (χ2n) is 6.74. The predicted octanol–water partition coefficient (Wildman–Crippen LogP) is 1.42. The van der Waals surface area contributed by atoms with E-state index in [-0.39, 0.29) is 17.7 Å². The number of ether oxygens (including phenoxy) is 1. The Morgan fingerprint density at radius 2 is 2.15 bits per heavy atom. The van der Waals surface area contributed by atoms with E-state index in [0.29, 0.717) is 39.1 Å². The minimum atomic E-state index is -0.147. The van der Waals surface area contributed by atoms with Crippen molar-refractivity contribution in [3.8, 4) is 5.69 Å². The molecule has 27 heavy (non-hydrogen) atoms. The molecule has 0 bridgehead atoms. The first kappa shape index (κ1) is 19.1. The van der Waals surface area contributed by atoms with Crippen molar-refractivity contribution in [1.82, 2.24) is 20.0 Å². The Balaban J connectivity index is 1.45. The summed E-state index contributed by atoms with van der Waals surface area (Å²) in [5, 5.41) is 7.36. The number of piperidine rings is 1. The number of hydrogen-bond donors (Lipinski definition) is 1. The molecule has 0 aliphatic carbocycles. The molecule has 1 aliphatic heterocycles. The Morgan fingerprint density at radius 1 is 1.33 bits per heavy atom.